The minimum absolute atomic E-state index is 0.987. The molecule has 0 spiro atoms. The Labute approximate surface area is 78.1 Å². The van der Waals surface area contributed by atoms with Gasteiger partial charge in [-0.15, -0.1) is 0 Å². The summed E-state index contributed by atoms with van der Waals surface area (Å²) in [5.74, 6) is 0. The first kappa shape index (κ1) is 7.99. The van der Waals surface area contributed by atoms with Crippen LogP contribution in [-0.2, 0) is 0 Å². The van der Waals surface area contributed by atoms with Crippen LogP contribution in [0, 0.1) is 0 Å². The fraction of sp³-hybridized carbons (Fsp3) is 0.0833. The number of fused-ring (bicyclic) bond motifs is 1. The molecule has 64 valence electrons. The van der Waals surface area contributed by atoms with E-state index in [2.05, 4.69) is 29.8 Å². The summed E-state index contributed by atoms with van der Waals surface area (Å²) in [6.45, 7) is 3.95. The zero-order valence-electron chi connectivity index (χ0n) is 7.62. The summed E-state index contributed by atoms with van der Waals surface area (Å²) in [5.41, 5.74) is 4.38. The maximum Gasteiger partial charge on any atom is 0.0715 e. The molecule has 0 radical (unpaired) electrons. The van der Waals surface area contributed by atoms with E-state index in [0.717, 1.165) is 11.3 Å². The predicted octanol–water partition coefficient (Wildman–Crippen LogP) is 2.69. The van der Waals surface area contributed by atoms with Crippen molar-refractivity contribution in [3.05, 3.63) is 53.6 Å². The first-order valence-electron chi connectivity index (χ1n) is 4.26. The monoisotopic (exact) mass is 169 g/mol. The lowest BCUT2D eigenvalue weighted by atomic mass is 9.93. The number of rotatable bonds is 0. The molecular weight excluding hydrogens is 158 g/mol. The molecule has 0 saturated heterocycles. The van der Waals surface area contributed by atoms with Crippen molar-refractivity contribution in [1.29, 1.82) is 0 Å². The Morgan fingerprint density at radius 2 is 1.92 bits per heavy atom. The normalized spacial score (nSPS) is 17.6. The van der Waals surface area contributed by atoms with Crippen LogP contribution < -0.4 is 0 Å². The molecule has 0 atom stereocenters. The third-order valence-electron chi connectivity index (χ3n) is 2.21. The number of benzene rings is 1. The zero-order valence-corrected chi connectivity index (χ0v) is 7.62. The number of hydrogen-bond acceptors (Lipinski definition) is 1. The molecule has 1 aliphatic rings. The van der Waals surface area contributed by atoms with Crippen molar-refractivity contribution in [3.63, 3.8) is 0 Å². The van der Waals surface area contributed by atoms with Crippen molar-refractivity contribution in [2.24, 2.45) is 4.99 Å². The van der Waals surface area contributed by atoms with Crippen LogP contribution in [0.3, 0.4) is 0 Å². The van der Waals surface area contributed by atoms with Crippen molar-refractivity contribution in [2.45, 2.75) is 0 Å². The smallest absolute Gasteiger partial charge is 0.0715 e. The predicted molar refractivity (Wildman–Crippen MR) is 57.1 cm³/mol. The third-order valence-corrected chi connectivity index (χ3v) is 2.21. The summed E-state index contributed by atoms with van der Waals surface area (Å²) in [5, 5.41) is 0. The second kappa shape index (κ2) is 3.02. The third kappa shape index (κ3) is 1.22. The zero-order chi connectivity index (χ0) is 9.26. The molecule has 0 bridgehead atoms. The van der Waals surface area contributed by atoms with Crippen molar-refractivity contribution in [1.82, 2.24) is 0 Å². The van der Waals surface area contributed by atoms with E-state index in [1.54, 1.807) is 7.05 Å². The SMILES string of the molecule is C=C1C=Cc2ccccc2C1=NC. The van der Waals surface area contributed by atoms with E-state index in [1.807, 2.05) is 18.2 Å². The molecular formula is C12H11N. The average Bonchev–Trinajstić information content (AvgIpc) is 2.18. The van der Waals surface area contributed by atoms with E-state index in [-0.39, 0.29) is 0 Å². The van der Waals surface area contributed by atoms with Crippen LogP contribution in [0.1, 0.15) is 11.1 Å². The van der Waals surface area contributed by atoms with Gasteiger partial charge in [-0.2, -0.15) is 0 Å². The summed E-state index contributed by atoms with van der Waals surface area (Å²) in [4.78, 5) is 4.24. The van der Waals surface area contributed by atoms with Crippen molar-refractivity contribution >= 4 is 11.8 Å². The highest BCUT2D eigenvalue weighted by Gasteiger charge is 2.12. The molecule has 2 rings (SSSR count). The minimum atomic E-state index is 0.987. The van der Waals surface area contributed by atoms with Crippen LogP contribution in [-0.4, -0.2) is 12.8 Å². The molecule has 0 unspecified atom stereocenters. The van der Waals surface area contributed by atoms with Gasteiger partial charge in [0.2, 0.25) is 0 Å². The molecule has 0 fully saturated rings. The summed E-state index contributed by atoms with van der Waals surface area (Å²) < 4.78 is 0. The summed E-state index contributed by atoms with van der Waals surface area (Å²) in [6.07, 6.45) is 4.08. The molecule has 0 N–H and O–H groups in total. The summed E-state index contributed by atoms with van der Waals surface area (Å²) in [6, 6.07) is 8.22. The molecule has 1 aromatic carbocycles. The second-order valence-corrected chi connectivity index (χ2v) is 3.02. The van der Waals surface area contributed by atoms with Gasteiger partial charge in [-0.05, 0) is 11.1 Å². The number of aliphatic imine (C=N–C) groups is 1. The topological polar surface area (TPSA) is 12.4 Å². The van der Waals surface area contributed by atoms with E-state index in [4.69, 9.17) is 0 Å². The first-order valence-corrected chi connectivity index (χ1v) is 4.26. The van der Waals surface area contributed by atoms with Gasteiger partial charge in [0.25, 0.3) is 0 Å². The highest BCUT2D eigenvalue weighted by Crippen LogP contribution is 2.21. The van der Waals surface area contributed by atoms with Crippen molar-refractivity contribution in [3.8, 4) is 0 Å². The molecule has 1 aliphatic carbocycles. The van der Waals surface area contributed by atoms with Gasteiger partial charge < -0.3 is 0 Å². The molecule has 0 aromatic heterocycles. The van der Waals surface area contributed by atoms with Crippen LogP contribution in [0.2, 0.25) is 0 Å². The van der Waals surface area contributed by atoms with Crippen LogP contribution in [0.25, 0.3) is 6.08 Å². The Kier molecular flexibility index (Phi) is 1.85. The molecule has 0 aliphatic heterocycles. The molecule has 0 amide bonds. The Morgan fingerprint density at radius 3 is 2.69 bits per heavy atom. The standard InChI is InChI=1S/C12H11N/c1-9-7-8-10-5-3-4-6-11(10)12(9)13-2/h3-8H,1H2,2H3. The maximum absolute atomic E-state index is 4.24. The van der Waals surface area contributed by atoms with Crippen LogP contribution in [0.4, 0.5) is 0 Å². The van der Waals surface area contributed by atoms with Crippen molar-refractivity contribution in [2.75, 3.05) is 7.05 Å². The van der Waals surface area contributed by atoms with Gasteiger partial charge in [-0.25, -0.2) is 0 Å². The first-order chi connectivity index (χ1) is 6.33. The molecule has 1 aromatic rings. The Balaban J connectivity index is 2.67. The van der Waals surface area contributed by atoms with Gasteiger partial charge >= 0.3 is 0 Å². The quantitative estimate of drug-likeness (QED) is 0.566. The maximum atomic E-state index is 4.24. The van der Waals surface area contributed by atoms with Gasteiger partial charge in [-0.3, -0.25) is 4.99 Å². The Hall–Kier alpha value is -1.63. The molecule has 0 heterocycles. The van der Waals surface area contributed by atoms with E-state index >= 15 is 0 Å². The van der Waals surface area contributed by atoms with Gasteiger partial charge in [0.15, 0.2) is 0 Å². The van der Waals surface area contributed by atoms with Crippen LogP contribution in [0.5, 0.6) is 0 Å². The van der Waals surface area contributed by atoms with Gasteiger partial charge in [0.05, 0.1) is 5.71 Å². The van der Waals surface area contributed by atoms with E-state index in [0.29, 0.717) is 0 Å². The lowest BCUT2D eigenvalue weighted by molar-refractivity contribution is 1.41. The number of allylic oxidation sites excluding steroid dienone is 2. The van der Waals surface area contributed by atoms with Crippen molar-refractivity contribution < 1.29 is 0 Å². The second-order valence-electron chi connectivity index (χ2n) is 3.02. The fourth-order valence-corrected chi connectivity index (χ4v) is 1.56. The summed E-state index contributed by atoms with van der Waals surface area (Å²) in [7, 11) is 1.80. The molecule has 1 heteroatoms. The van der Waals surface area contributed by atoms with Crippen LogP contribution >= 0.6 is 0 Å². The van der Waals surface area contributed by atoms with Gasteiger partial charge in [-0.1, -0.05) is 43.0 Å². The van der Waals surface area contributed by atoms with Crippen LogP contribution in [0.15, 0.2) is 47.5 Å². The highest BCUT2D eigenvalue weighted by molar-refractivity contribution is 6.18. The number of hydrogen-bond donors (Lipinski definition) is 0. The average molecular weight is 169 g/mol. The lowest BCUT2D eigenvalue weighted by Crippen LogP contribution is -2.07. The molecule has 13 heavy (non-hydrogen) atoms. The summed E-state index contributed by atoms with van der Waals surface area (Å²) >= 11 is 0. The molecule has 0 saturated carbocycles. The van der Waals surface area contributed by atoms with Gasteiger partial charge in [0, 0.05) is 12.6 Å². The van der Waals surface area contributed by atoms with E-state index in [1.165, 1.54) is 11.1 Å². The Morgan fingerprint density at radius 1 is 1.15 bits per heavy atom. The van der Waals surface area contributed by atoms with Gasteiger partial charge in [0.1, 0.15) is 0 Å². The Bertz CT molecular complexity index is 411. The van der Waals surface area contributed by atoms with E-state index in [9.17, 15) is 0 Å². The van der Waals surface area contributed by atoms with E-state index < -0.39 is 0 Å². The lowest BCUT2D eigenvalue weighted by Gasteiger charge is -2.13. The fourth-order valence-electron chi connectivity index (χ4n) is 1.56. The minimum Gasteiger partial charge on any atom is -0.287 e. The molecule has 1 nitrogen and oxygen atoms in total. The highest BCUT2D eigenvalue weighted by atomic mass is 14.7. The number of nitrogens with zero attached hydrogens (tertiary/aromatic N) is 1. The largest absolute Gasteiger partial charge is 0.287 e.